The van der Waals surface area contributed by atoms with E-state index < -0.39 is 0 Å². The van der Waals surface area contributed by atoms with Crippen LogP contribution in [0.4, 0.5) is 0 Å². The standard InChI is InChI=1S/C26H32N2O2/c1-3-25(23-14-8-5-9-15-23)26(29)28(18-11-19-30-2)21-24-16-10-17-27(24)20-22-12-6-4-7-13-22/h4-10,12-17,25H,3,11,18-21H2,1-2H3/t25-/m0/s1. The van der Waals surface area contributed by atoms with Gasteiger partial charge < -0.3 is 14.2 Å². The number of methoxy groups -OCH3 is 1. The highest BCUT2D eigenvalue weighted by Crippen LogP contribution is 2.23. The smallest absolute Gasteiger partial charge is 0.230 e. The van der Waals surface area contributed by atoms with Crippen molar-refractivity contribution in [2.24, 2.45) is 0 Å². The predicted octanol–water partition coefficient (Wildman–Crippen LogP) is 5.10. The lowest BCUT2D eigenvalue weighted by molar-refractivity contribution is -0.133. The number of carbonyl (C=O) groups is 1. The first kappa shape index (κ1) is 21.8. The van der Waals surface area contributed by atoms with Gasteiger partial charge in [-0.2, -0.15) is 0 Å². The first-order valence-electron chi connectivity index (χ1n) is 10.7. The molecule has 0 spiro atoms. The molecule has 2 aromatic carbocycles. The monoisotopic (exact) mass is 404 g/mol. The number of hydrogen-bond acceptors (Lipinski definition) is 2. The molecule has 0 aliphatic rings. The Hall–Kier alpha value is -2.85. The molecule has 1 amide bonds. The largest absolute Gasteiger partial charge is 0.385 e. The van der Waals surface area contributed by atoms with E-state index >= 15 is 0 Å². The maximum absolute atomic E-state index is 13.5. The molecule has 4 nitrogen and oxygen atoms in total. The molecule has 158 valence electrons. The first-order chi connectivity index (χ1) is 14.7. The molecule has 0 aliphatic heterocycles. The van der Waals surface area contributed by atoms with Gasteiger partial charge in [-0.3, -0.25) is 4.79 Å². The quantitative estimate of drug-likeness (QED) is 0.417. The van der Waals surface area contributed by atoms with Crippen LogP contribution in [0.1, 0.15) is 42.5 Å². The molecule has 30 heavy (non-hydrogen) atoms. The van der Waals surface area contributed by atoms with Crippen LogP contribution in [0.3, 0.4) is 0 Å². The Bertz CT molecular complexity index is 890. The van der Waals surface area contributed by atoms with Crippen molar-refractivity contribution in [1.29, 1.82) is 0 Å². The molecule has 1 atom stereocenters. The minimum absolute atomic E-state index is 0.119. The fourth-order valence-corrected chi connectivity index (χ4v) is 3.85. The number of benzene rings is 2. The highest BCUT2D eigenvalue weighted by Gasteiger charge is 2.25. The summed E-state index contributed by atoms with van der Waals surface area (Å²) >= 11 is 0. The number of ether oxygens (including phenoxy) is 1. The molecule has 0 saturated heterocycles. The van der Waals surface area contributed by atoms with E-state index in [-0.39, 0.29) is 11.8 Å². The fraction of sp³-hybridized carbons (Fsp3) is 0.346. The van der Waals surface area contributed by atoms with Gasteiger partial charge in [0, 0.05) is 38.7 Å². The lowest BCUT2D eigenvalue weighted by atomic mass is 9.95. The summed E-state index contributed by atoms with van der Waals surface area (Å²) in [4.78, 5) is 15.5. The molecule has 1 heterocycles. The maximum Gasteiger partial charge on any atom is 0.230 e. The normalized spacial score (nSPS) is 11.9. The predicted molar refractivity (Wildman–Crippen MR) is 121 cm³/mol. The van der Waals surface area contributed by atoms with Gasteiger partial charge >= 0.3 is 0 Å². The van der Waals surface area contributed by atoms with Gasteiger partial charge in [0.25, 0.3) is 0 Å². The number of carbonyl (C=O) groups excluding carboxylic acids is 1. The molecule has 0 bridgehead atoms. The molecule has 3 rings (SSSR count). The van der Waals surface area contributed by atoms with Crippen LogP contribution in [0.25, 0.3) is 0 Å². The SMILES string of the molecule is CC[C@H](C(=O)N(CCCOC)Cc1cccn1Cc1ccccc1)c1ccccc1. The van der Waals surface area contributed by atoms with Crippen LogP contribution in [-0.4, -0.2) is 35.6 Å². The summed E-state index contributed by atoms with van der Waals surface area (Å²) in [5.41, 5.74) is 3.48. The second-order valence-electron chi connectivity index (χ2n) is 7.59. The summed E-state index contributed by atoms with van der Waals surface area (Å²) in [6, 6.07) is 24.7. The molecule has 0 aliphatic carbocycles. The van der Waals surface area contributed by atoms with Gasteiger partial charge in [0.05, 0.1) is 12.5 Å². The molecule has 0 unspecified atom stereocenters. The number of nitrogens with zero attached hydrogens (tertiary/aromatic N) is 2. The Morgan fingerprint density at radius 2 is 1.70 bits per heavy atom. The molecule has 4 heteroatoms. The fourth-order valence-electron chi connectivity index (χ4n) is 3.85. The Kier molecular flexibility index (Phi) is 8.28. The summed E-state index contributed by atoms with van der Waals surface area (Å²) in [6.07, 6.45) is 3.70. The zero-order chi connectivity index (χ0) is 21.2. The molecule has 0 N–H and O–H groups in total. The minimum atomic E-state index is -0.119. The maximum atomic E-state index is 13.5. The van der Waals surface area contributed by atoms with Gasteiger partial charge in [0.1, 0.15) is 0 Å². The lowest BCUT2D eigenvalue weighted by Gasteiger charge is -2.28. The van der Waals surface area contributed by atoms with E-state index in [0.717, 1.165) is 30.6 Å². The first-order valence-corrected chi connectivity index (χ1v) is 10.7. The van der Waals surface area contributed by atoms with Gasteiger partial charge in [-0.05, 0) is 36.1 Å². The van der Waals surface area contributed by atoms with Crippen molar-refractivity contribution in [3.8, 4) is 0 Å². The highest BCUT2D eigenvalue weighted by atomic mass is 16.5. The van der Waals surface area contributed by atoms with Crippen LogP contribution in [-0.2, 0) is 22.6 Å². The van der Waals surface area contributed by atoms with Crippen molar-refractivity contribution in [2.75, 3.05) is 20.3 Å². The third-order valence-electron chi connectivity index (χ3n) is 5.47. The Morgan fingerprint density at radius 1 is 1.00 bits per heavy atom. The summed E-state index contributed by atoms with van der Waals surface area (Å²) in [6.45, 7) is 4.83. The molecule has 0 saturated carbocycles. The molecular formula is C26H32N2O2. The third kappa shape index (κ3) is 5.83. The number of hydrogen-bond donors (Lipinski definition) is 0. The molecule has 1 aromatic heterocycles. The van der Waals surface area contributed by atoms with Gasteiger partial charge in [-0.15, -0.1) is 0 Å². The Labute approximate surface area is 180 Å². The van der Waals surface area contributed by atoms with E-state index in [1.807, 2.05) is 29.2 Å². The van der Waals surface area contributed by atoms with Gasteiger partial charge in [0.15, 0.2) is 0 Å². The second-order valence-corrected chi connectivity index (χ2v) is 7.59. The topological polar surface area (TPSA) is 34.5 Å². The van der Waals surface area contributed by atoms with Crippen molar-refractivity contribution < 1.29 is 9.53 Å². The van der Waals surface area contributed by atoms with E-state index in [0.29, 0.717) is 19.7 Å². The summed E-state index contributed by atoms with van der Waals surface area (Å²) in [7, 11) is 1.70. The molecule has 0 fully saturated rings. The third-order valence-corrected chi connectivity index (χ3v) is 5.47. The van der Waals surface area contributed by atoms with Crippen LogP contribution in [0.15, 0.2) is 79.0 Å². The van der Waals surface area contributed by atoms with Gasteiger partial charge in [-0.1, -0.05) is 67.6 Å². The van der Waals surface area contributed by atoms with E-state index in [2.05, 4.69) is 66.2 Å². The van der Waals surface area contributed by atoms with Gasteiger partial charge in [-0.25, -0.2) is 0 Å². The highest BCUT2D eigenvalue weighted by molar-refractivity contribution is 5.83. The minimum Gasteiger partial charge on any atom is -0.385 e. The molecule has 3 aromatic rings. The lowest BCUT2D eigenvalue weighted by Crippen LogP contribution is -2.36. The van der Waals surface area contributed by atoms with Crippen LogP contribution < -0.4 is 0 Å². The number of rotatable bonds is 11. The summed E-state index contributed by atoms with van der Waals surface area (Å²) in [5, 5.41) is 0. The Morgan fingerprint density at radius 3 is 2.37 bits per heavy atom. The van der Waals surface area contributed by atoms with E-state index in [4.69, 9.17) is 4.74 Å². The summed E-state index contributed by atoms with van der Waals surface area (Å²) in [5.74, 6) is 0.0681. The van der Waals surface area contributed by atoms with Crippen molar-refractivity contribution in [1.82, 2.24) is 9.47 Å². The average Bonchev–Trinajstić information content (AvgIpc) is 3.21. The Balaban J connectivity index is 1.79. The summed E-state index contributed by atoms with van der Waals surface area (Å²) < 4.78 is 7.47. The van der Waals surface area contributed by atoms with Gasteiger partial charge in [0.2, 0.25) is 5.91 Å². The van der Waals surface area contributed by atoms with Crippen molar-refractivity contribution >= 4 is 5.91 Å². The van der Waals surface area contributed by atoms with Crippen LogP contribution >= 0.6 is 0 Å². The molecular weight excluding hydrogens is 372 g/mol. The number of aromatic nitrogens is 1. The van der Waals surface area contributed by atoms with Crippen LogP contribution in [0.5, 0.6) is 0 Å². The van der Waals surface area contributed by atoms with Crippen LogP contribution in [0.2, 0.25) is 0 Å². The zero-order valence-electron chi connectivity index (χ0n) is 18.0. The molecule has 0 radical (unpaired) electrons. The van der Waals surface area contributed by atoms with Crippen molar-refractivity contribution in [3.05, 3.63) is 95.8 Å². The van der Waals surface area contributed by atoms with Crippen LogP contribution in [0, 0.1) is 0 Å². The average molecular weight is 405 g/mol. The van der Waals surface area contributed by atoms with Crippen molar-refractivity contribution in [3.63, 3.8) is 0 Å². The van der Waals surface area contributed by atoms with Crippen molar-refractivity contribution in [2.45, 2.75) is 38.8 Å². The second kappa shape index (κ2) is 11.4. The zero-order valence-corrected chi connectivity index (χ0v) is 18.0. The van der Waals surface area contributed by atoms with E-state index in [9.17, 15) is 4.79 Å². The van der Waals surface area contributed by atoms with E-state index in [1.54, 1.807) is 7.11 Å². The van der Waals surface area contributed by atoms with E-state index in [1.165, 1.54) is 5.56 Å². The number of amides is 1.